The Labute approximate surface area is 207 Å². The number of halogens is 1. The van der Waals surface area contributed by atoms with Gasteiger partial charge in [0.15, 0.2) is 5.96 Å². The Morgan fingerprint density at radius 1 is 1.16 bits per heavy atom. The molecule has 0 spiro atoms. The van der Waals surface area contributed by atoms with E-state index in [4.69, 9.17) is 18.9 Å². The number of methoxy groups -OCH3 is 1. The van der Waals surface area contributed by atoms with E-state index < -0.39 is 0 Å². The number of esters is 1. The molecule has 1 aromatic carbocycles. The fraction of sp³-hybridized carbons (Fsp3) is 0.500. The fourth-order valence-electron chi connectivity index (χ4n) is 3.74. The molecule has 1 aromatic heterocycles. The smallest absolute Gasteiger partial charge is 0.308 e. The van der Waals surface area contributed by atoms with Crippen molar-refractivity contribution >= 4 is 35.9 Å². The van der Waals surface area contributed by atoms with Crippen LogP contribution in [0.25, 0.3) is 0 Å². The van der Waals surface area contributed by atoms with Crippen molar-refractivity contribution in [1.29, 1.82) is 0 Å². The standard InChI is InChI=1S/C24H33N3O4.HI/c1-3-30-23(28)19-8-10-20(11-9-19)27-24(25-15-14-22-5-4-16-31-22)26-17-18-6-12-21(29-2)13-7-18;/h4-7,12-13,16,19-20H,3,8-11,14-15,17H2,1-2H3,(H2,25,26,27);1H. The summed E-state index contributed by atoms with van der Waals surface area (Å²) in [6.45, 7) is 3.59. The summed E-state index contributed by atoms with van der Waals surface area (Å²) in [4.78, 5) is 16.8. The highest BCUT2D eigenvalue weighted by atomic mass is 127. The molecule has 0 bridgehead atoms. The predicted octanol–water partition coefficient (Wildman–Crippen LogP) is 4.31. The van der Waals surface area contributed by atoms with Crippen molar-refractivity contribution in [3.8, 4) is 5.75 Å². The number of hydrogen-bond donors (Lipinski definition) is 2. The van der Waals surface area contributed by atoms with Crippen LogP contribution in [0, 0.1) is 5.92 Å². The molecule has 2 aromatic rings. The lowest BCUT2D eigenvalue weighted by Crippen LogP contribution is -2.46. The van der Waals surface area contributed by atoms with Gasteiger partial charge in [-0.2, -0.15) is 0 Å². The van der Waals surface area contributed by atoms with Crippen molar-refractivity contribution in [2.24, 2.45) is 10.9 Å². The molecule has 1 aliphatic carbocycles. The molecule has 1 saturated carbocycles. The SMILES string of the molecule is CCOC(=O)C1CCC(NC(=NCc2ccc(OC)cc2)NCCc2ccco2)CC1.I. The van der Waals surface area contributed by atoms with Gasteiger partial charge in [0, 0.05) is 19.0 Å². The number of carbonyl (C=O) groups excluding carboxylic acids is 1. The zero-order chi connectivity index (χ0) is 21.9. The van der Waals surface area contributed by atoms with Gasteiger partial charge >= 0.3 is 5.97 Å². The molecule has 1 fully saturated rings. The van der Waals surface area contributed by atoms with Crippen molar-refractivity contribution in [3.05, 3.63) is 54.0 Å². The van der Waals surface area contributed by atoms with Crippen molar-refractivity contribution in [3.63, 3.8) is 0 Å². The molecular weight excluding hydrogens is 521 g/mol. The summed E-state index contributed by atoms with van der Waals surface area (Å²) >= 11 is 0. The maximum Gasteiger partial charge on any atom is 0.308 e. The number of hydrogen-bond acceptors (Lipinski definition) is 5. The van der Waals surface area contributed by atoms with Gasteiger partial charge in [0.2, 0.25) is 0 Å². The van der Waals surface area contributed by atoms with E-state index in [1.165, 1.54) is 0 Å². The van der Waals surface area contributed by atoms with E-state index >= 15 is 0 Å². The zero-order valence-corrected chi connectivity index (χ0v) is 21.2. The van der Waals surface area contributed by atoms with E-state index in [0.29, 0.717) is 13.2 Å². The molecule has 0 aliphatic heterocycles. The Balaban J connectivity index is 0.00000363. The molecule has 1 aliphatic rings. The van der Waals surface area contributed by atoms with Gasteiger partial charge in [-0.3, -0.25) is 4.79 Å². The van der Waals surface area contributed by atoms with E-state index in [1.54, 1.807) is 13.4 Å². The van der Waals surface area contributed by atoms with E-state index in [0.717, 1.165) is 61.7 Å². The van der Waals surface area contributed by atoms with Gasteiger partial charge in [-0.15, -0.1) is 24.0 Å². The number of nitrogens with zero attached hydrogens (tertiary/aromatic N) is 1. The van der Waals surface area contributed by atoms with Crippen LogP contribution in [0.4, 0.5) is 0 Å². The molecule has 3 rings (SSSR count). The van der Waals surface area contributed by atoms with Crippen LogP contribution in [0.2, 0.25) is 0 Å². The fourth-order valence-corrected chi connectivity index (χ4v) is 3.74. The Kier molecular flexibility index (Phi) is 11.4. The number of aliphatic imine (C=N–C) groups is 1. The topological polar surface area (TPSA) is 85.1 Å². The van der Waals surface area contributed by atoms with E-state index in [-0.39, 0.29) is 41.9 Å². The molecule has 1 heterocycles. The third kappa shape index (κ3) is 8.37. The Bertz CT molecular complexity index is 816. The summed E-state index contributed by atoms with van der Waals surface area (Å²) in [5, 5.41) is 6.97. The summed E-state index contributed by atoms with van der Waals surface area (Å²) in [5.41, 5.74) is 1.11. The Morgan fingerprint density at radius 3 is 2.53 bits per heavy atom. The molecule has 0 saturated heterocycles. The number of guanidine groups is 1. The molecule has 32 heavy (non-hydrogen) atoms. The highest BCUT2D eigenvalue weighted by molar-refractivity contribution is 14.0. The molecule has 2 N–H and O–H groups in total. The first-order valence-electron chi connectivity index (χ1n) is 11.0. The van der Waals surface area contributed by atoms with Crippen LogP contribution in [-0.4, -0.2) is 38.2 Å². The van der Waals surface area contributed by atoms with Crippen LogP contribution in [0.5, 0.6) is 5.75 Å². The summed E-state index contributed by atoms with van der Waals surface area (Å²) in [6.07, 6.45) is 6.00. The number of carbonyl (C=O) groups is 1. The minimum atomic E-state index is -0.0640. The Hall–Kier alpha value is -2.23. The van der Waals surface area contributed by atoms with Crippen molar-refractivity contribution < 1.29 is 18.7 Å². The number of rotatable bonds is 9. The first-order valence-corrected chi connectivity index (χ1v) is 11.0. The molecule has 0 unspecified atom stereocenters. The second kappa shape index (κ2) is 14.0. The van der Waals surface area contributed by atoms with Gasteiger partial charge in [-0.05, 0) is 62.4 Å². The predicted molar refractivity (Wildman–Crippen MR) is 135 cm³/mol. The van der Waals surface area contributed by atoms with Gasteiger partial charge in [0.25, 0.3) is 0 Å². The number of furan rings is 1. The van der Waals surface area contributed by atoms with Crippen molar-refractivity contribution in [2.45, 2.75) is 51.6 Å². The van der Waals surface area contributed by atoms with Crippen LogP contribution in [0.1, 0.15) is 43.9 Å². The third-order valence-corrected chi connectivity index (χ3v) is 5.51. The quantitative estimate of drug-likeness (QED) is 0.208. The van der Waals surface area contributed by atoms with Crippen LogP contribution >= 0.6 is 24.0 Å². The second-order valence-electron chi connectivity index (χ2n) is 7.71. The highest BCUT2D eigenvalue weighted by Gasteiger charge is 2.27. The largest absolute Gasteiger partial charge is 0.497 e. The maximum atomic E-state index is 12.0. The monoisotopic (exact) mass is 555 g/mol. The normalized spacial score (nSPS) is 18.4. The van der Waals surface area contributed by atoms with Crippen molar-refractivity contribution in [2.75, 3.05) is 20.3 Å². The van der Waals surface area contributed by atoms with Gasteiger partial charge in [0.05, 0.1) is 32.4 Å². The van der Waals surface area contributed by atoms with Crippen LogP contribution in [-0.2, 0) is 22.5 Å². The van der Waals surface area contributed by atoms with E-state index in [1.807, 2.05) is 43.3 Å². The van der Waals surface area contributed by atoms with Crippen molar-refractivity contribution in [1.82, 2.24) is 10.6 Å². The minimum absolute atomic E-state index is 0. The summed E-state index contributed by atoms with van der Waals surface area (Å²) in [5.74, 6) is 2.51. The summed E-state index contributed by atoms with van der Waals surface area (Å²) in [7, 11) is 1.66. The first-order chi connectivity index (χ1) is 15.2. The lowest BCUT2D eigenvalue weighted by molar-refractivity contribution is -0.149. The third-order valence-electron chi connectivity index (χ3n) is 5.51. The van der Waals surface area contributed by atoms with Crippen LogP contribution < -0.4 is 15.4 Å². The van der Waals surface area contributed by atoms with Gasteiger partial charge in [-0.25, -0.2) is 4.99 Å². The lowest BCUT2D eigenvalue weighted by atomic mass is 9.86. The summed E-state index contributed by atoms with van der Waals surface area (Å²) in [6, 6.07) is 12.1. The molecule has 8 heteroatoms. The van der Waals surface area contributed by atoms with Gasteiger partial charge < -0.3 is 24.5 Å². The van der Waals surface area contributed by atoms with E-state index in [2.05, 4.69) is 10.6 Å². The van der Waals surface area contributed by atoms with E-state index in [9.17, 15) is 4.79 Å². The van der Waals surface area contributed by atoms with Gasteiger partial charge in [-0.1, -0.05) is 12.1 Å². The molecular formula is C24H34IN3O4. The average molecular weight is 555 g/mol. The number of benzene rings is 1. The average Bonchev–Trinajstić information content (AvgIpc) is 3.32. The number of ether oxygens (including phenoxy) is 2. The van der Waals surface area contributed by atoms with Gasteiger partial charge in [0.1, 0.15) is 11.5 Å². The zero-order valence-electron chi connectivity index (χ0n) is 18.8. The first kappa shape index (κ1) is 26.0. The molecule has 0 amide bonds. The van der Waals surface area contributed by atoms with Crippen LogP contribution in [0.15, 0.2) is 52.1 Å². The highest BCUT2D eigenvalue weighted by Crippen LogP contribution is 2.25. The molecule has 176 valence electrons. The summed E-state index contributed by atoms with van der Waals surface area (Å²) < 4.78 is 15.8. The molecule has 0 radical (unpaired) electrons. The molecule has 7 nitrogen and oxygen atoms in total. The maximum absolute atomic E-state index is 12.0. The number of nitrogens with one attached hydrogen (secondary N) is 2. The minimum Gasteiger partial charge on any atom is -0.497 e. The molecule has 0 atom stereocenters. The van der Waals surface area contributed by atoms with Crippen LogP contribution in [0.3, 0.4) is 0 Å². The lowest BCUT2D eigenvalue weighted by Gasteiger charge is -2.29. The Morgan fingerprint density at radius 2 is 1.91 bits per heavy atom. The second-order valence-corrected chi connectivity index (χ2v) is 7.71.